The number of rotatable bonds is 2. The molecule has 2 aromatic carbocycles. The van der Waals surface area contributed by atoms with Crippen LogP contribution in [0, 0.1) is 0 Å². The first-order chi connectivity index (χ1) is 16.0. The van der Waals surface area contributed by atoms with E-state index in [2.05, 4.69) is 4.90 Å². The van der Waals surface area contributed by atoms with Gasteiger partial charge in [0.2, 0.25) is 0 Å². The molecule has 0 radical (unpaired) electrons. The van der Waals surface area contributed by atoms with Gasteiger partial charge in [0.1, 0.15) is 11.4 Å². The van der Waals surface area contributed by atoms with Crippen LogP contribution in [0.4, 0.5) is 23.7 Å². The van der Waals surface area contributed by atoms with E-state index in [0.717, 1.165) is 42.3 Å². The Morgan fingerprint density at radius 2 is 1.85 bits per heavy atom. The van der Waals surface area contributed by atoms with Gasteiger partial charge in [-0.3, -0.25) is 0 Å². The summed E-state index contributed by atoms with van der Waals surface area (Å²) in [6, 6.07) is 8.17. The second-order valence-corrected chi connectivity index (χ2v) is 10.3. The van der Waals surface area contributed by atoms with E-state index < -0.39 is 17.3 Å². The number of amides is 1. The molecule has 2 aromatic rings. The molecule has 34 heavy (non-hydrogen) atoms. The van der Waals surface area contributed by atoms with Crippen molar-refractivity contribution < 1.29 is 27.4 Å². The molecule has 1 amide bonds. The summed E-state index contributed by atoms with van der Waals surface area (Å²) in [7, 11) is 1.36. The first-order valence-corrected chi connectivity index (χ1v) is 11.6. The zero-order valence-corrected chi connectivity index (χ0v) is 19.8. The van der Waals surface area contributed by atoms with Crippen molar-refractivity contribution >= 4 is 11.8 Å². The highest BCUT2D eigenvalue weighted by Crippen LogP contribution is 2.51. The number of hydrogen-bond donors (Lipinski definition) is 0. The smallest absolute Gasteiger partial charge is 0.417 e. The van der Waals surface area contributed by atoms with Crippen LogP contribution in [0.15, 0.2) is 30.3 Å². The van der Waals surface area contributed by atoms with Crippen LogP contribution in [0.2, 0.25) is 0 Å². The number of hydrogen-bond acceptors (Lipinski definition) is 4. The van der Waals surface area contributed by atoms with Gasteiger partial charge in [0, 0.05) is 37.3 Å². The van der Waals surface area contributed by atoms with Crippen molar-refractivity contribution in [3.63, 3.8) is 0 Å². The highest BCUT2D eigenvalue weighted by molar-refractivity contribution is 5.80. The Hall–Kier alpha value is -2.90. The van der Waals surface area contributed by atoms with Gasteiger partial charge in [0.05, 0.1) is 12.7 Å². The van der Waals surface area contributed by atoms with Gasteiger partial charge in [-0.1, -0.05) is 6.07 Å². The van der Waals surface area contributed by atoms with Crippen molar-refractivity contribution in [3.05, 3.63) is 47.0 Å². The van der Waals surface area contributed by atoms with E-state index >= 15 is 0 Å². The third-order valence-electron chi connectivity index (χ3n) is 7.00. The second kappa shape index (κ2) is 7.82. The summed E-state index contributed by atoms with van der Waals surface area (Å²) in [5.74, 6) is 0.219. The number of benzene rings is 2. The van der Waals surface area contributed by atoms with Crippen LogP contribution in [0.1, 0.15) is 49.8 Å². The molecule has 8 heteroatoms. The Morgan fingerprint density at radius 3 is 2.53 bits per heavy atom. The fourth-order valence-corrected chi connectivity index (χ4v) is 5.63. The number of carbonyl (C=O) groups excluding carboxylic acids is 1. The van der Waals surface area contributed by atoms with E-state index in [1.165, 1.54) is 13.2 Å². The largest absolute Gasteiger partial charge is 0.497 e. The quantitative estimate of drug-likeness (QED) is 0.548. The van der Waals surface area contributed by atoms with Gasteiger partial charge >= 0.3 is 12.3 Å². The molecule has 3 aliphatic rings. The molecule has 5 nitrogen and oxygen atoms in total. The standard InChI is InChI=1S/C26H29F3N2O3/c1-25(2,3)34-24(32)30-9-8-22-20(14-30)19-12-16(11-15-7-10-31(22)23(15)19)18-6-5-17(33-4)13-21(18)26(27,28)29/h5-6,11-13,20,22H,7-10,14H2,1-4H3/t20-,22-/m1/s1. The molecule has 0 unspecified atom stereocenters. The first-order valence-electron chi connectivity index (χ1n) is 11.6. The van der Waals surface area contributed by atoms with Crippen LogP contribution in [-0.2, 0) is 17.3 Å². The van der Waals surface area contributed by atoms with Gasteiger partial charge in [-0.05, 0) is 80.1 Å². The number of carbonyl (C=O) groups is 1. The van der Waals surface area contributed by atoms with Crippen molar-refractivity contribution in [2.24, 2.45) is 0 Å². The zero-order chi connectivity index (χ0) is 24.4. The van der Waals surface area contributed by atoms with E-state index in [1.54, 1.807) is 11.0 Å². The summed E-state index contributed by atoms with van der Waals surface area (Å²) in [5, 5.41) is 0. The monoisotopic (exact) mass is 474 g/mol. The Kier molecular flexibility index (Phi) is 5.26. The van der Waals surface area contributed by atoms with E-state index in [1.807, 2.05) is 32.9 Å². The minimum atomic E-state index is -4.50. The van der Waals surface area contributed by atoms with Crippen molar-refractivity contribution in [2.45, 2.75) is 57.3 Å². The Balaban J connectivity index is 1.54. The van der Waals surface area contributed by atoms with Crippen molar-refractivity contribution in [1.29, 1.82) is 0 Å². The van der Waals surface area contributed by atoms with Gasteiger partial charge < -0.3 is 19.3 Å². The fraction of sp³-hybridized carbons (Fsp3) is 0.500. The van der Waals surface area contributed by atoms with E-state index in [4.69, 9.17) is 9.47 Å². The normalized spacial score (nSPS) is 21.4. The lowest BCUT2D eigenvalue weighted by atomic mass is 9.85. The number of fused-ring (bicyclic) bond motifs is 3. The third kappa shape index (κ3) is 3.87. The van der Waals surface area contributed by atoms with Gasteiger partial charge in [-0.15, -0.1) is 0 Å². The maximum atomic E-state index is 13.9. The van der Waals surface area contributed by atoms with Gasteiger partial charge in [0.25, 0.3) is 0 Å². The van der Waals surface area contributed by atoms with Crippen LogP contribution in [0.3, 0.4) is 0 Å². The third-order valence-corrected chi connectivity index (χ3v) is 7.00. The van der Waals surface area contributed by atoms with Gasteiger partial charge in [0.15, 0.2) is 0 Å². The zero-order valence-electron chi connectivity index (χ0n) is 19.8. The molecule has 3 aliphatic heterocycles. The van der Waals surface area contributed by atoms with Gasteiger partial charge in [-0.2, -0.15) is 13.2 Å². The fourth-order valence-electron chi connectivity index (χ4n) is 5.63. The Morgan fingerprint density at radius 1 is 1.09 bits per heavy atom. The Bertz CT molecular complexity index is 1140. The van der Waals surface area contributed by atoms with Crippen molar-refractivity contribution in [1.82, 2.24) is 4.90 Å². The highest BCUT2D eigenvalue weighted by atomic mass is 19.4. The molecule has 0 bridgehead atoms. The van der Waals surface area contributed by atoms with Crippen molar-refractivity contribution in [3.8, 4) is 16.9 Å². The number of halogens is 3. The number of ether oxygens (including phenoxy) is 2. The Labute approximate surface area is 197 Å². The minimum absolute atomic E-state index is 0.0443. The molecule has 3 heterocycles. The predicted molar refractivity (Wildman–Crippen MR) is 123 cm³/mol. The molecule has 2 atom stereocenters. The summed E-state index contributed by atoms with van der Waals surface area (Å²) in [5.41, 5.74) is 2.67. The van der Waals surface area contributed by atoms with E-state index in [0.29, 0.717) is 18.7 Å². The number of nitrogens with zero attached hydrogens (tertiary/aromatic N) is 2. The van der Waals surface area contributed by atoms with Crippen LogP contribution in [0.25, 0.3) is 11.1 Å². The average Bonchev–Trinajstić information content (AvgIpc) is 3.33. The summed E-state index contributed by atoms with van der Waals surface area (Å²) in [6.45, 7) is 7.49. The molecule has 0 aromatic heterocycles. The number of likely N-dealkylation sites (tertiary alicyclic amines) is 1. The SMILES string of the molecule is COc1ccc(-c2cc3c4c(c2)[C@H]2CN(C(=O)OC(C)(C)C)CC[C@H]2N4CC3)c(C(F)(F)F)c1. The maximum Gasteiger partial charge on any atom is 0.417 e. The summed E-state index contributed by atoms with van der Waals surface area (Å²) < 4.78 is 52.4. The van der Waals surface area contributed by atoms with Crippen LogP contribution >= 0.6 is 0 Å². The molecule has 0 aliphatic carbocycles. The molecule has 182 valence electrons. The number of piperidine rings is 1. The molecule has 1 fully saturated rings. The van der Waals surface area contributed by atoms with Crippen LogP contribution < -0.4 is 9.64 Å². The molecular weight excluding hydrogens is 445 g/mol. The molecule has 0 saturated carbocycles. The summed E-state index contributed by atoms with van der Waals surface area (Å²) in [6.07, 6.45) is -3.22. The molecule has 5 rings (SSSR count). The summed E-state index contributed by atoms with van der Waals surface area (Å²) in [4.78, 5) is 16.9. The molecule has 0 N–H and O–H groups in total. The maximum absolute atomic E-state index is 13.9. The number of methoxy groups -OCH3 is 1. The first kappa shape index (κ1) is 22.9. The van der Waals surface area contributed by atoms with E-state index in [-0.39, 0.29) is 29.4 Å². The van der Waals surface area contributed by atoms with Gasteiger partial charge in [-0.25, -0.2) is 4.79 Å². The predicted octanol–water partition coefficient (Wildman–Crippen LogP) is 5.85. The summed E-state index contributed by atoms with van der Waals surface area (Å²) >= 11 is 0. The number of alkyl halides is 3. The lowest BCUT2D eigenvalue weighted by Gasteiger charge is -2.38. The van der Waals surface area contributed by atoms with E-state index in [9.17, 15) is 18.0 Å². The topological polar surface area (TPSA) is 42.0 Å². The van der Waals surface area contributed by atoms with Crippen LogP contribution in [0.5, 0.6) is 5.75 Å². The second-order valence-electron chi connectivity index (χ2n) is 10.3. The minimum Gasteiger partial charge on any atom is -0.497 e. The molecule has 1 saturated heterocycles. The molecule has 0 spiro atoms. The lowest BCUT2D eigenvalue weighted by molar-refractivity contribution is -0.137. The van der Waals surface area contributed by atoms with Crippen molar-refractivity contribution in [2.75, 3.05) is 31.6 Å². The highest BCUT2D eigenvalue weighted by Gasteiger charge is 2.46. The molecular formula is C26H29F3N2O3. The lowest BCUT2D eigenvalue weighted by Crippen LogP contribution is -2.49. The van der Waals surface area contributed by atoms with Crippen LogP contribution in [-0.4, -0.2) is 49.4 Å². The average molecular weight is 475 g/mol. The number of anilines is 1.